The van der Waals surface area contributed by atoms with Crippen molar-refractivity contribution in [3.63, 3.8) is 0 Å². The molecule has 0 aliphatic rings. The van der Waals surface area contributed by atoms with E-state index in [0.717, 1.165) is 57.8 Å². The van der Waals surface area contributed by atoms with Gasteiger partial charge in [0.15, 0.2) is 0 Å². The van der Waals surface area contributed by atoms with E-state index in [9.17, 15) is 19.2 Å². The summed E-state index contributed by atoms with van der Waals surface area (Å²) in [4.78, 5) is 48.6. The second-order valence-electron chi connectivity index (χ2n) is 11.1. The van der Waals surface area contributed by atoms with E-state index in [1.807, 2.05) is 0 Å². The zero-order valence-corrected chi connectivity index (χ0v) is 26.9. The van der Waals surface area contributed by atoms with Crippen LogP contribution >= 0.6 is 0 Å². The highest BCUT2D eigenvalue weighted by atomic mass is 16.5. The first-order valence-corrected chi connectivity index (χ1v) is 16.0. The molecule has 0 atom stereocenters. The van der Waals surface area contributed by atoms with Gasteiger partial charge in [0.1, 0.15) is 11.5 Å². The van der Waals surface area contributed by atoms with Crippen molar-refractivity contribution in [2.24, 2.45) is 0 Å². The highest BCUT2D eigenvalue weighted by Crippen LogP contribution is 2.19. The van der Waals surface area contributed by atoms with Gasteiger partial charge in [-0.1, -0.05) is 57.6 Å². The molecule has 10 nitrogen and oxygen atoms in total. The molecule has 0 saturated heterocycles. The van der Waals surface area contributed by atoms with Crippen molar-refractivity contribution in [3.8, 4) is 11.5 Å². The quantitative estimate of drug-likeness (QED) is 0.0446. The highest BCUT2D eigenvalue weighted by Gasteiger charge is 2.10. The van der Waals surface area contributed by atoms with Gasteiger partial charge in [-0.3, -0.25) is 4.79 Å². The first-order valence-electron chi connectivity index (χ1n) is 16.0. The number of hydrogen-bond acceptors (Lipinski definition) is 10. The SMILES string of the molecule is CCCCCCC(=O)Oc1ccc(OC(=O)/C=C/c2ccc(C(=O)OCCCCCCCOC(=O)c3cc(N)cc(N)c3)cc2)cc1. The summed E-state index contributed by atoms with van der Waals surface area (Å²) in [6, 6.07) is 17.6. The maximum atomic E-state index is 12.4. The first-order chi connectivity index (χ1) is 22.7. The maximum Gasteiger partial charge on any atom is 0.338 e. The predicted octanol–water partition coefficient (Wildman–Crippen LogP) is 7.31. The molecule has 0 heterocycles. The third kappa shape index (κ3) is 14.2. The first kappa shape index (κ1) is 36.3. The van der Waals surface area contributed by atoms with E-state index in [0.29, 0.717) is 59.2 Å². The molecule has 10 heteroatoms. The summed E-state index contributed by atoms with van der Waals surface area (Å²) >= 11 is 0. The summed E-state index contributed by atoms with van der Waals surface area (Å²) < 4.78 is 21.3. The second kappa shape index (κ2) is 20.1. The van der Waals surface area contributed by atoms with Gasteiger partial charge in [-0.15, -0.1) is 0 Å². The second-order valence-corrected chi connectivity index (χ2v) is 11.1. The minimum Gasteiger partial charge on any atom is -0.462 e. The van der Waals surface area contributed by atoms with E-state index < -0.39 is 17.9 Å². The van der Waals surface area contributed by atoms with Gasteiger partial charge >= 0.3 is 23.9 Å². The van der Waals surface area contributed by atoms with Crippen molar-refractivity contribution < 1.29 is 38.1 Å². The molecule has 0 spiro atoms. The van der Waals surface area contributed by atoms with E-state index in [4.69, 9.17) is 30.4 Å². The van der Waals surface area contributed by atoms with Crippen LogP contribution < -0.4 is 20.9 Å². The van der Waals surface area contributed by atoms with E-state index in [1.165, 1.54) is 18.2 Å². The Morgan fingerprint density at radius 3 is 1.74 bits per heavy atom. The van der Waals surface area contributed by atoms with Crippen LogP contribution in [-0.4, -0.2) is 37.1 Å². The van der Waals surface area contributed by atoms with Crippen LogP contribution in [0.25, 0.3) is 6.08 Å². The van der Waals surface area contributed by atoms with Gasteiger partial charge < -0.3 is 30.4 Å². The number of ether oxygens (including phenoxy) is 4. The number of nitrogens with two attached hydrogens (primary N) is 2. The number of unbranched alkanes of at least 4 members (excludes halogenated alkanes) is 7. The molecule has 0 unspecified atom stereocenters. The Labute approximate surface area is 276 Å². The number of esters is 4. The fourth-order valence-electron chi connectivity index (χ4n) is 4.52. The lowest BCUT2D eigenvalue weighted by Gasteiger charge is -2.07. The molecule has 0 aliphatic carbocycles. The van der Waals surface area contributed by atoms with Crippen LogP contribution in [-0.2, 0) is 19.1 Å². The van der Waals surface area contributed by atoms with Crippen LogP contribution in [0.2, 0.25) is 0 Å². The average Bonchev–Trinajstić information content (AvgIpc) is 3.05. The minimum atomic E-state index is -0.571. The Morgan fingerprint density at radius 2 is 1.15 bits per heavy atom. The molecule has 250 valence electrons. The molecule has 0 aromatic heterocycles. The molecule has 3 rings (SSSR count). The molecule has 3 aromatic rings. The molecule has 0 aliphatic heterocycles. The minimum absolute atomic E-state index is 0.280. The number of rotatable bonds is 19. The topological polar surface area (TPSA) is 157 Å². The van der Waals surface area contributed by atoms with Crippen molar-refractivity contribution in [3.05, 3.63) is 89.5 Å². The molecule has 0 bridgehead atoms. The third-order valence-corrected chi connectivity index (χ3v) is 7.03. The Bertz CT molecular complexity index is 1460. The smallest absolute Gasteiger partial charge is 0.338 e. The van der Waals surface area contributed by atoms with Gasteiger partial charge in [0.25, 0.3) is 0 Å². The number of benzene rings is 3. The lowest BCUT2D eigenvalue weighted by Crippen LogP contribution is -2.08. The van der Waals surface area contributed by atoms with Crippen molar-refractivity contribution in [2.45, 2.75) is 71.1 Å². The maximum absolute atomic E-state index is 12.4. The van der Waals surface area contributed by atoms with Crippen molar-refractivity contribution in [1.82, 2.24) is 0 Å². The summed E-state index contributed by atoms with van der Waals surface area (Å²) in [5, 5.41) is 0. The zero-order chi connectivity index (χ0) is 33.9. The van der Waals surface area contributed by atoms with E-state index in [2.05, 4.69) is 6.92 Å². The van der Waals surface area contributed by atoms with Gasteiger partial charge in [-0.25, -0.2) is 14.4 Å². The lowest BCUT2D eigenvalue weighted by atomic mass is 10.1. The highest BCUT2D eigenvalue weighted by molar-refractivity contribution is 5.92. The van der Waals surface area contributed by atoms with Crippen molar-refractivity contribution in [2.75, 3.05) is 24.7 Å². The van der Waals surface area contributed by atoms with Crippen molar-refractivity contribution >= 4 is 41.3 Å². The van der Waals surface area contributed by atoms with Gasteiger partial charge in [0.2, 0.25) is 0 Å². The van der Waals surface area contributed by atoms with Crippen LogP contribution in [0.3, 0.4) is 0 Å². The molecule has 4 N–H and O–H groups in total. The molecular formula is C37H44N2O8. The molecule has 0 fully saturated rings. The summed E-state index contributed by atoms with van der Waals surface area (Å²) in [5.74, 6) is -0.998. The molecule has 0 radical (unpaired) electrons. The Balaban J connectivity index is 1.27. The largest absolute Gasteiger partial charge is 0.462 e. The van der Waals surface area contributed by atoms with Crippen LogP contribution in [0.4, 0.5) is 11.4 Å². The van der Waals surface area contributed by atoms with Gasteiger partial charge in [-0.2, -0.15) is 0 Å². The van der Waals surface area contributed by atoms with Crippen LogP contribution in [0.15, 0.2) is 72.8 Å². The van der Waals surface area contributed by atoms with Crippen LogP contribution in [0.5, 0.6) is 11.5 Å². The number of nitrogen functional groups attached to an aromatic ring is 2. The summed E-state index contributed by atoms with van der Waals surface area (Å²) in [5.41, 5.74) is 13.7. The standard InChI is InChI=1S/C37H44N2O8/c1-2-3-4-8-11-34(40)46-32-17-19-33(20-18-32)47-35(41)21-14-27-12-15-28(16-13-27)36(42)44-22-9-6-5-7-10-23-45-37(43)29-24-30(38)26-31(39)25-29/h12-21,24-26H,2-11,22-23,38-39H2,1H3/b21-14+. The van der Waals surface area contributed by atoms with Crippen molar-refractivity contribution in [1.29, 1.82) is 0 Å². The monoisotopic (exact) mass is 644 g/mol. The number of carbonyl (C=O) groups excluding carboxylic acids is 4. The molecule has 3 aromatic carbocycles. The molecular weight excluding hydrogens is 600 g/mol. The zero-order valence-electron chi connectivity index (χ0n) is 26.9. The Kier molecular flexibility index (Phi) is 15.5. The normalized spacial score (nSPS) is 10.8. The van der Waals surface area contributed by atoms with Crippen LogP contribution in [0, 0.1) is 0 Å². The molecule has 47 heavy (non-hydrogen) atoms. The third-order valence-electron chi connectivity index (χ3n) is 7.03. The summed E-state index contributed by atoms with van der Waals surface area (Å²) in [6.07, 6.45) is 11.4. The fraction of sp³-hybridized carbons (Fsp3) is 0.351. The average molecular weight is 645 g/mol. The molecule has 0 saturated carbocycles. The Hall–Kier alpha value is -5.12. The predicted molar refractivity (Wildman–Crippen MR) is 181 cm³/mol. The number of carbonyl (C=O) groups is 4. The lowest BCUT2D eigenvalue weighted by molar-refractivity contribution is -0.134. The molecule has 0 amide bonds. The van der Waals surface area contributed by atoms with Crippen LogP contribution in [0.1, 0.15) is 97.4 Å². The van der Waals surface area contributed by atoms with Gasteiger partial charge in [0.05, 0.1) is 24.3 Å². The van der Waals surface area contributed by atoms with Gasteiger partial charge in [0, 0.05) is 23.9 Å². The fourth-order valence-corrected chi connectivity index (χ4v) is 4.52. The van der Waals surface area contributed by atoms with E-state index in [1.54, 1.807) is 60.7 Å². The van der Waals surface area contributed by atoms with Gasteiger partial charge in [-0.05, 0) is 85.5 Å². The number of hydrogen-bond donors (Lipinski definition) is 2. The number of anilines is 2. The van der Waals surface area contributed by atoms with E-state index in [-0.39, 0.29) is 5.97 Å². The Morgan fingerprint density at radius 1 is 0.617 bits per heavy atom. The summed E-state index contributed by atoms with van der Waals surface area (Å²) in [7, 11) is 0. The van der Waals surface area contributed by atoms with E-state index >= 15 is 0 Å². The summed E-state index contributed by atoms with van der Waals surface area (Å²) in [6.45, 7) is 2.73.